The fourth-order valence-electron chi connectivity index (χ4n) is 3.14. The SMILES string of the molecule is CC(C)(C)OC(=O)N1C[C@H](C2CCCC2)[C@@H](O)C1. The Bertz CT molecular complexity index is 305. The van der Waals surface area contributed by atoms with Crippen LogP contribution in [0.4, 0.5) is 4.79 Å². The highest BCUT2D eigenvalue weighted by Crippen LogP contribution is 2.36. The number of β-amino-alcohol motifs (C(OH)–C–C–N with tert-alkyl or cyclic N) is 1. The lowest BCUT2D eigenvalue weighted by Gasteiger charge is -2.24. The molecule has 0 aromatic rings. The average Bonchev–Trinajstić information content (AvgIpc) is 2.82. The van der Waals surface area contributed by atoms with Gasteiger partial charge in [0.2, 0.25) is 0 Å². The van der Waals surface area contributed by atoms with Gasteiger partial charge in [0.15, 0.2) is 0 Å². The summed E-state index contributed by atoms with van der Waals surface area (Å²) in [5.41, 5.74) is -0.465. The van der Waals surface area contributed by atoms with E-state index in [4.69, 9.17) is 4.74 Å². The second-order valence-corrected chi connectivity index (χ2v) is 6.66. The summed E-state index contributed by atoms with van der Waals surface area (Å²) >= 11 is 0. The van der Waals surface area contributed by atoms with Gasteiger partial charge in [-0.2, -0.15) is 0 Å². The lowest BCUT2D eigenvalue weighted by Crippen LogP contribution is -2.36. The van der Waals surface area contributed by atoms with Crippen molar-refractivity contribution in [3.63, 3.8) is 0 Å². The number of aliphatic hydroxyl groups is 1. The zero-order chi connectivity index (χ0) is 13.3. The summed E-state index contributed by atoms with van der Waals surface area (Å²) < 4.78 is 5.36. The van der Waals surface area contributed by atoms with Crippen molar-refractivity contribution in [1.29, 1.82) is 0 Å². The molecule has 1 N–H and O–H groups in total. The van der Waals surface area contributed by atoms with Crippen LogP contribution in [-0.2, 0) is 4.74 Å². The van der Waals surface area contributed by atoms with Crippen LogP contribution in [0.1, 0.15) is 46.5 Å². The summed E-state index contributed by atoms with van der Waals surface area (Å²) in [6, 6.07) is 0. The smallest absolute Gasteiger partial charge is 0.410 e. The van der Waals surface area contributed by atoms with Crippen molar-refractivity contribution in [2.24, 2.45) is 11.8 Å². The third-order valence-corrected chi connectivity index (χ3v) is 3.99. The van der Waals surface area contributed by atoms with Crippen molar-refractivity contribution in [2.75, 3.05) is 13.1 Å². The first kappa shape index (κ1) is 13.7. The normalized spacial score (nSPS) is 29.9. The van der Waals surface area contributed by atoms with Crippen LogP contribution in [-0.4, -0.2) is 40.9 Å². The molecule has 4 nitrogen and oxygen atoms in total. The van der Waals surface area contributed by atoms with Crippen LogP contribution in [0.25, 0.3) is 0 Å². The van der Waals surface area contributed by atoms with Crippen LogP contribution >= 0.6 is 0 Å². The summed E-state index contributed by atoms with van der Waals surface area (Å²) in [4.78, 5) is 13.6. The van der Waals surface area contributed by atoms with Gasteiger partial charge >= 0.3 is 6.09 Å². The van der Waals surface area contributed by atoms with Crippen molar-refractivity contribution in [3.8, 4) is 0 Å². The Morgan fingerprint density at radius 2 is 1.83 bits per heavy atom. The van der Waals surface area contributed by atoms with Gasteiger partial charge in [0.05, 0.1) is 12.6 Å². The molecule has 0 unspecified atom stereocenters. The summed E-state index contributed by atoms with van der Waals surface area (Å²) in [5, 5.41) is 10.1. The van der Waals surface area contributed by atoms with E-state index in [9.17, 15) is 9.90 Å². The molecule has 2 fully saturated rings. The topological polar surface area (TPSA) is 49.8 Å². The van der Waals surface area contributed by atoms with E-state index in [1.807, 2.05) is 20.8 Å². The lowest BCUT2D eigenvalue weighted by atomic mass is 9.88. The first-order valence-electron chi connectivity index (χ1n) is 7.03. The van der Waals surface area contributed by atoms with Crippen molar-refractivity contribution >= 4 is 6.09 Å². The van der Waals surface area contributed by atoms with Crippen molar-refractivity contribution in [2.45, 2.75) is 58.2 Å². The van der Waals surface area contributed by atoms with E-state index in [1.54, 1.807) is 4.90 Å². The Morgan fingerprint density at radius 1 is 1.22 bits per heavy atom. The molecule has 2 aliphatic rings. The zero-order valence-corrected chi connectivity index (χ0v) is 11.7. The minimum absolute atomic E-state index is 0.250. The molecule has 0 aromatic heterocycles. The molecule has 0 aromatic carbocycles. The first-order chi connectivity index (χ1) is 8.37. The largest absolute Gasteiger partial charge is 0.444 e. The van der Waals surface area contributed by atoms with E-state index in [0.717, 1.165) is 0 Å². The Morgan fingerprint density at radius 3 is 2.39 bits per heavy atom. The fraction of sp³-hybridized carbons (Fsp3) is 0.929. The Labute approximate surface area is 109 Å². The first-order valence-corrected chi connectivity index (χ1v) is 7.03. The van der Waals surface area contributed by atoms with Gasteiger partial charge in [-0.3, -0.25) is 0 Å². The number of nitrogens with zero attached hydrogens (tertiary/aromatic N) is 1. The van der Waals surface area contributed by atoms with E-state index in [2.05, 4.69) is 0 Å². The molecule has 0 spiro atoms. The van der Waals surface area contributed by atoms with Gasteiger partial charge < -0.3 is 14.7 Å². The third kappa shape index (κ3) is 3.16. The molecule has 0 bridgehead atoms. The summed E-state index contributed by atoms with van der Waals surface area (Å²) in [5.74, 6) is 0.840. The number of carbonyl (C=O) groups excluding carboxylic acids is 1. The number of aliphatic hydroxyl groups excluding tert-OH is 1. The Kier molecular flexibility index (Phi) is 3.85. The summed E-state index contributed by atoms with van der Waals surface area (Å²) in [6.45, 7) is 6.68. The molecular weight excluding hydrogens is 230 g/mol. The third-order valence-electron chi connectivity index (χ3n) is 3.99. The van der Waals surface area contributed by atoms with Gasteiger partial charge in [-0.15, -0.1) is 0 Å². The quantitative estimate of drug-likeness (QED) is 0.782. The number of carbonyl (C=O) groups is 1. The molecule has 1 heterocycles. The van der Waals surface area contributed by atoms with Gasteiger partial charge in [-0.05, 0) is 26.7 Å². The second-order valence-electron chi connectivity index (χ2n) is 6.66. The van der Waals surface area contributed by atoms with Gasteiger partial charge in [0.25, 0.3) is 0 Å². The molecule has 1 aliphatic heterocycles. The van der Waals surface area contributed by atoms with E-state index < -0.39 is 5.60 Å². The molecule has 2 rings (SSSR count). The maximum absolute atomic E-state index is 12.0. The highest BCUT2D eigenvalue weighted by Gasteiger charge is 2.40. The second kappa shape index (κ2) is 5.08. The Balaban J connectivity index is 1.91. The van der Waals surface area contributed by atoms with Gasteiger partial charge in [-0.25, -0.2) is 4.79 Å². The van der Waals surface area contributed by atoms with Crippen LogP contribution in [0, 0.1) is 11.8 Å². The van der Waals surface area contributed by atoms with Gasteiger partial charge in [-0.1, -0.05) is 25.7 Å². The molecule has 4 heteroatoms. The number of likely N-dealkylation sites (tertiary alicyclic amines) is 1. The van der Waals surface area contributed by atoms with Gasteiger partial charge in [0.1, 0.15) is 5.60 Å². The molecule has 104 valence electrons. The predicted octanol–water partition coefficient (Wildman–Crippen LogP) is 2.40. The molecular formula is C14H25NO3. The number of ether oxygens (including phenoxy) is 1. The van der Waals surface area contributed by atoms with E-state index >= 15 is 0 Å². The molecule has 1 aliphatic carbocycles. The molecule has 1 amide bonds. The molecule has 0 radical (unpaired) electrons. The molecule has 1 saturated heterocycles. The van der Waals surface area contributed by atoms with Crippen LogP contribution in [0.2, 0.25) is 0 Å². The van der Waals surface area contributed by atoms with Crippen LogP contribution < -0.4 is 0 Å². The van der Waals surface area contributed by atoms with Crippen molar-refractivity contribution < 1.29 is 14.6 Å². The maximum atomic E-state index is 12.0. The molecule has 18 heavy (non-hydrogen) atoms. The zero-order valence-electron chi connectivity index (χ0n) is 11.7. The van der Waals surface area contributed by atoms with E-state index in [0.29, 0.717) is 19.0 Å². The Hall–Kier alpha value is -0.770. The van der Waals surface area contributed by atoms with Crippen molar-refractivity contribution in [1.82, 2.24) is 4.90 Å². The summed E-state index contributed by atoms with van der Waals surface area (Å²) in [7, 11) is 0. The lowest BCUT2D eigenvalue weighted by molar-refractivity contribution is 0.0269. The number of rotatable bonds is 1. The number of hydrogen-bond donors (Lipinski definition) is 1. The minimum atomic E-state index is -0.465. The van der Waals surface area contributed by atoms with Crippen LogP contribution in [0.3, 0.4) is 0 Å². The van der Waals surface area contributed by atoms with Crippen LogP contribution in [0.5, 0.6) is 0 Å². The monoisotopic (exact) mass is 255 g/mol. The average molecular weight is 255 g/mol. The van der Waals surface area contributed by atoms with E-state index in [1.165, 1.54) is 25.7 Å². The predicted molar refractivity (Wildman–Crippen MR) is 69.3 cm³/mol. The molecule has 2 atom stereocenters. The maximum Gasteiger partial charge on any atom is 0.410 e. The highest BCUT2D eigenvalue weighted by molar-refractivity contribution is 5.68. The minimum Gasteiger partial charge on any atom is -0.444 e. The van der Waals surface area contributed by atoms with Crippen LogP contribution in [0.15, 0.2) is 0 Å². The van der Waals surface area contributed by atoms with Crippen molar-refractivity contribution in [3.05, 3.63) is 0 Å². The standard InChI is InChI=1S/C14H25NO3/c1-14(2,3)18-13(17)15-8-11(12(16)9-15)10-6-4-5-7-10/h10-12,16H,4-9H2,1-3H3/t11-,12+/m1/s1. The fourth-order valence-corrected chi connectivity index (χ4v) is 3.14. The molecule has 1 saturated carbocycles. The highest BCUT2D eigenvalue weighted by atomic mass is 16.6. The summed E-state index contributed by atoms with van der Waals surface area (Å²) in [6.07, 6.45) is 4.26. The van der Waals surface area contributed by atoms with E-state index in [-0.39, 0.29) is 18.1 Å². The number of amides is 1. The number of hydrogen-bond acceptors (Lipinski definition) is 3. The van der Waals surface area contributed by atoms with Gasteiger partial charge in [0, 0.05) is 12.5 Å².